The number of rotatable bonds is 47. The van der Waals surface area contributed by atoms with Crippen LogP contribution in [0.4, 0.5) is 0 Å². The highest BCUT2D eigenvalue weighted by Crippen LogP contribution is 2.14. The maximum atomic E-state index is 12.8. The Hall–Kier alpha value is -3.23. The molecule has 0 saturated heterocycles. The number of carbonyl (C=O) groups excluding carboxylic acids is 2. The van der Waals surface area contributed by atoms with Gasteiger partial charge in [0.25, 0.3) is 0 Å². The maximum Gasteiger partial charge on any atom is 0.362 e. The van der Waals surface area contributed by atoms with Gasteiger partial charge in [-0.05, 0) is 83.5 Å². The fourth-order valence-electron chi connectivity index (χ4n) is 7.53. The Labute approximate surface area is 400 Å². The lowest BCUT2D eigenvalue weighted by Gasteiger charge is -2.31. The smallest absolute Gasteiger partial charge is 0.362 e. The number of quaternary nitrogens is 1. The van der Waals surface area contributed by atoms with Gasteiger partial charge in [-0.2, -0.15) is 0 Å². The summed E-state index contributed by atoms with van der Waals surface area (Å²) in [6, 6.07) is -0.623. The summed E-state index contributed by atoms with van der Waals surface area (Å²) in [5.41, 5.74) is 0. The first-order valence-electron chi connectivity index (χ1n) is 26.5. The van der Waals surface area contributed by atoms with Crippen molar-refractivity contribution in [2.24, 2.45) is 0 Å². The second-order valence-corrected chi connectivity index (χ2v) is 18.7. The Balaban J connectivity index is 4.27. The molecule has 0 rings (SSSR count). The quantitative estimate of drug-likeness (QED) is 0.0281. The monoisotopic (exact) mass is 911 g/mol. The van der Waals surface area contributed by atoms with Gasteiger partial charge in [-0.15, -0.1) is 0 Å². The number of carboxylic acids is 1. The van der Waals surface area contributed by atoms with Gasteiger partial charge < -0.3 is 23.8 Å². The highest BCUT2D eigenvalue weighted by atomic mass is 16.6. The Bertz CT molecular complexity index is 1290. The number of aliphatic carboxylic acids is 1. The topological polar surface area (TPSA) is 99.1 Å². The molecule has 0 bridgehead atoms. The molecule has 0 saturated carbocycles. The van der Waals surface area contributed by atoms with E-state index in [0.717, 1.165) is 89.9 Å². The van der Waals surface area contributed by atoms with Gasteiger partial charge in [-0.3, -0.25) is 9.59 Å². The molecule has 374 valence electrons. The molecule has 0 aliphatic heterocycles. The summed E-state index contributed by atoms with van der Waals surface area (Å²) in [6.07, 6.45) is 60.9. The second kappa shape index (κ2) is 47.3. The molecule has 0 aromatic heterocycles. The second-order valence-electron chi connectivity index (χ2n) is 18.7. The summed E-state index contributed by atoms with van der Waals surface area (Å²) in [5.74, 6) is -1.50. The van der Waals surface area contributed by atoms with Crippen molar-refractivity contribution in [1.29, 1.82) is 0 Å². The van der Waals surface area contributed by atoms with E-state index in [1.54, 1.807) is 0 Å². The largest absolute Gasteiger partial charge is 0.477 e. The van der Waals surface area contributed by atoms with Gasteiger partial charge >= 0.3 is 17.9 Å². The van der Waals surface area contributed by atoms with Gasteiger partial charge in [0.2, 0.25) is 0 Å². The van der Waals surface area contributed by atoms with E-state index in [1.807, 2.05) is 21.1 Å². The molecule has 65 heavy (non-hydrogen) atoms. The Morgan fingerprint density at radius 3 is 1.28 bits per heavy atom. The third-order valence-corrected chi connectivity index (χ3v) is 11.6. The third-order valence-electron chi connectivity index (χ3n) is 11.6. The molecule has 2 atom stereocenters. The van der Waals surface area contributed by atoms with Crippen LogP contribution < -0.4 is 0 Å². The highest BCUT2D eigenvalue weighted by molar-refractivity contribution is 5.72. The average molecular weight is 911 g/mol. The lowest BCUT2D eigenvalue weighted by atomic mass is 10.1. The van der Waals surface area contributed by atoms with E-state index in [2.05, 4.69) is 86.8 Å². The number of ether oxygens (including phenoxy) is 3. The van der Waals surface area contributed by atoms with Gasteiger partial charge in [-0.25, -0.2) is 4.79 Å². The molecule has 8 nitrogen and oxygen atoms in total. The van der Waals surface area contributed by atoms with E-state index in [4.69, 9.17) is 14.2 Å². The Morgan fingerprint density at radius 2 is 0.862 bits per heavy atom. The number of carbonyl (C=O) groups is 3. The van der Waals surface area contributed by atoms with Crippen LogP contribution in [0, 0.1) is 0 Å². The average Bonchev–Trinajstić information content (AvgIpc) is 3.27. The van der Waals surface area contributed by atoms with Crippen LogP contribution in [-0.4, -0.2) is 80.6 Å². The number of allylic oxidation sites excluding steroid dienone is 12. The Kier molecular flexibility index (Phi) is 44.9. The number of carboxylic acid groups (broad SMARTS) is 1. The van der Waals surface area contributed by atoms with Crippen LogP contribution >= 0.6 is 0 Å². The zero-order valence-electron chi connectivity index (χ0n) is 42.7. The van der Waals surface area contributed by atoms with Gasteiger partial charge in [0.15, 0.2) is 12.1 Å². The number of esters is 2. The minimum absolute atomic E-state index is 0.0496. The number of unbranched alkanes of at least 4 members (excludes halogenated alkanes) is 21. The fraction of sp³-hybridized carbons (Fsp3) is 0.737. The molecule has 0 aliphatic carbocycles. The van der Waals surface area contributed by atoms with Crippen molar-refractivity contribution in [1.82, 2.24) is 0 Å². The van der Waals surface area contributed by atoms with Crippen molar-refractivity contribution >= 4 is 17.9 Å². The van der Waals surface area contributed by atoms with E-state index in [0.29, 0.717) is 19.3 Å². The molecular formula is C57H100NO7+. The molecule has 0 heterocycles. The lowest BCUT2D eigenvalue weighted by molar-refractivity contribution is -0.887. The van der Waals surface area contributed by atoms with Crippen molar-refractivity contribution in [3.63, 3.8) is 0 Å². The summed E-state index contributed by atoms with van der Waals surface area (Å²) < 4.78 is 17.3. The summed E-state index contributed by atoms with van der Waals surface area (Å²) in [7, 11) is 5.53. The highest BCUT2D eigenvalue weighted by Gasteiger charge is 2.31. The van der Waals surface area contributed by atoms with Crippen LogP contribution in [0.15, 0.2) is 72.9 Å². The zero-order valence-corrected chi connectivity index (χ0v) is 42.7. The van der Waals surface area contributed by atoms with E-state index in [1.165, 1.54) is 96.3 Å². The zero-order chi connectivity index (χ0) is 47.7. The number of likely N-dealkylation sites (N-methyl/N-ethyl adjacent to an activating group) is 1. The molecule has 0 fully saturated rings. The van der Waals surface area contributed by atoms with E-state index in [9.17, 15) is 19.5 Å². The molecule has 0 aromatic rings. The minimum Gasteiger partial charge on any atom is -0.477 e. The van der Waals surface area contributed by atoms with Crippen LogP contribution in [-0.2, 0) is 28.6 Å². The Morgan fingerprint density at radius 1 is 0.477 bits per heavy atom. The first-order valence-corrected chi connectivity index (χ1v) is 26.5. The predicted molar refractivity (Wildman–Crippen MR) is 275 cm³/mol. The molecule has 8 heteroatoms. The molecule has 0 aliphatic rings. The van der Waals surface area contributed by atoms with E-state index < -0.39 is 18.1 Å². The normalized spacial score (nSPS) is 13.4. The van der Waals surface area contributed by atoms with E-state index in [-0.39, 0.29) is 36.2 Å². The van der Waals surface area contributed by atoms with Crippen molar-refractivity contribution in [2.45, 2.75) is 231 Å². The first kappa shape index (κ1) is 61.8. The number of nitrogens with zero attached hydrogens (tertiary/aromatic N) is 1. The SMILES string of the molecule is CC/C=C/C/C=C/C/C=C/C/C=C/CCCCCCCCC(=O)OC(COCCC(C(=O)O)[N+](C)(C)C)COC(=O)CCCCCCCCC/C=C/C/C=C/CCCCCCCCCC. The summed E-state index contributed by atoms with van der Waals surface area (Å²) in [4.78, 5) is 37.2. The molecule has 0 radical (unpaired) electrons. The van der Waals surface area contributed by atoms with Crippen LogP contribution in [0.5, 0.6) is 0 Å². The van der Waals surface area contributed by atoms with Gasteiger partial charge in [0.05, 0.1) is 34.4 Å². The van der Waals surface area contributed by atoms with Crippen LogP contribution in [0.3, 0.4) is 0 Å². The summed E-state index contributed by atoms with van der Waals surface area (Å²) >= 11 is 0. The maximum absolute atomic E-state index is 12.8. The van der Waals surface area contributed by atoms with Crippen LogP contribution in [0.1, 0.15) is 219 Å². The van der Waals surface area contributed by atoms with Crippen LogP contribution in [0.25, 0.3) is 0 Å². The predicted octanol–water partition coefficient (Wildman–Crippen LogP) is 15.5. The van der Waals surface area contributed by atoms with Crippen LogP contribution in [0.2, 0.25) is 0 Å². The standard InChI is InChI=1S/C57H99NO7/c1-6-8-10-12-14-16-18-20-22-24-26-27-28-30-31-33-35-37-39-41-43-45-47-55(59)64-52-53(51-63-50-49-54(57(61)62)58(3,4)5)65-56(60)48-46-44-42-40-38-36-34-32-29-25-23-21-19-17-15-13-11-9-7-2/h9,11,15,17,21,23-24,26,28-30,32,53-54H,6-8,10,12-14,16,18-20,22,25,27,31,33-52H2,1-5H3/p+1/b11-9+,17-15+,23-21+,26-24+,30-28+,32-29+. The molecule has 1 N–H and O–H groups in total. The lowest BCUT2D eigenvalue weighted by Crippen LogP contribution is -2.50. The van der Waals surface area contributed by atoms with Gasteiger partial charge in [0, 0.05) is 19.3 Å². The number of hydrogen-bond acceptors (Lipinski definition) is 6. The first-order chi connectivity index (χ1) is 31.6. The van der Waals surface area contributed by atoms with Crippen molar-refractivity contribution < 1.29 is 38.2 Å². The number of hydrogen-bond donors (Lipinski definition) is 1. The minimum atomic E-state index is -0.880. The summed E-state index contributed by atoms with van der Waals surface area (Å²) in [5, 5.41) is 9.66. The van der Waals surface area contributed by atoms with Crippen molar-refractivity contribution in [2.75, 3.05) is 41.0 Å². The van der Waals surface area contributed by atoms with Crippen molar-refractivity contribution in [3.8, 4) is 0 Å². The molecule has 0 amide bonds. The summed E-state index contributed by atoms with van der Waals surface area (Å²) in [6.45, 7) is 4.61. The van der Waals surface area contributed by atoms with Gasteiger partial charge in [0.1, 0.15) is 6.61 Å². The third kappa shape index (κ3) is 45.7. The molecular weight excluding hydrogens is 811 g/mol. The van der Waals surface area contributed by atoms with E-state index >= 15 is 0 Å². The molecule has 0 aromatic carbocycles. The molecule has 2 unspecified atom stereocenters. The molecule has 0 spiro atoms. The van der Waals surface area contributed by atoms with Crippen molar-refractivity contribution in [3.05, 3.63) is 72.9 Å². The fourth-order valence-corrected chi connectivity index (χ4v) is 7.53. The van der Waals surface area contributed by atoms with Gasteiger partial charge in [-0.1, -0.05) is 189 Å².